The monoisotopic (exact) mass is 600 g/mol. The van der Waals surface area contributed by atoms with Crippen molar-refractivity contribution < 1.29 is 22.8 Å². The summed E-state index contributed by atoms with van der Waals surface area (Å²) in [6.45, 7) is 9.00. The third-order valence-electron chi connectivity index (χ3n) is 9.22. The van der Waals surface area contributed by atoms with E-state index in [0.29, 0.717) is 56.0 Å². The fourth-order valence-electron chi connectivity index (χ4n) is 6.31. The SMILES string of the molecule is CC1(C)C2CC=C(CN(CCN3CCN(C(=O)CSc4ccccc4)CC3)C(=O)Nc3ccc(C(F)(F)F)cc3)C1C2. The lowest BCUT2D eigenvalue weighted by Crippen LogP contribution is -2.53. The van der Waals surface area contributed by atoms with Crippen LogP contribution in [0.4, 0.5) is 23.7 Å². The summed E-state index contributed by atoms with van der Waals surface area (Å²) in [5.41, 5.74) is 1.08. The van der Waals surface area contributed by atoms with Gasteiger partial charge in [-0.3, -0.25) is 9.69 Å². The number of nitrogens with one attached hydrogen (secondary N) is 1. The molecule has 6 rings (SSSR count). The number of amides is 3. The molecule has 1 heterocycles. The molecule has 0 spiro atoms. The largest absolute Gasteiger partial charge is 0.416 e. The molecule has 4 aliphatic rings. The number of fused-ring (bicyclic) bond motifs is 1. The minimum Gasteiger partial charge on any atom is -0.339 e. The van der Waals surface area contributed by atoms with Crippen LogP contribution >= 0.6 is 11.8 Å². The number of halogens is 3. The maximum atomic E-state index is 13.4. The molecular weight excluding hydrogens is 561 g/mol. The Morgan fingerprint density at radius 3 is 2.33 bits per heavy atom. The highest BCUT2D eigenvalue weighted by Crippen LogP contribution is 2.59. The number of rotatable bonds is 9. The summed E-state index contributed by atoms with van der Waals surface area (Å²) >= 11 is 1.55. The van der Waals surface area contributed by atoms with Gasteiger partial charge in [0, 0.05) is 56.4 Å². The summed E-state index contributed by atoms with van der Waals surface area (Å²) in [5.74, 6) is 1.67. The molecule has 10 heteroatoms. The van der Waals surface area contributed by atoms with Crippen molar-refractivity contribution >= 4 is 29.4 Å². The van der Waals surface area contributed by atoms with Crippen LogP contribution in [0.1, 0.15) is 32.3 Å². The van der Waals surface area contributed by atoms with E-state index in [0.717, 1.165) is 43.0 Å². The van der Waals surface area contributed by atoms with E-state index in [1.807, 2.05) is 35.2 Å². The van der Waals surface area contributed by atoms with Gasteiger partial charge in [0.15, 0.2) is 0 Å². The van der Waals surface area contributed by atoms with Crippen molar-refractivity contribution in [2.45, 2.75) is 37.8 Å². The molecule has 42 heavy (non-hydrogen) atoms. The second-order valence-electron chi connectivity index (χ2n) is 12.1. The Morgan fingerprint density at radius 2 is 1.71 bits per heavy atom. The van der Waals surface area contributed by atoms with E-state index in [-0.39, 0.29) is 17.4 Å². The first-order valence-electron chi connectivity index (χ1n) is 14.6. The number of allylic oxidation sites excluding steroid dienone is 1. The molecule has 2 aromatic rings. The van der Waals surface area contributed by atoms with E-state index in [4.69, 9.17) is 0 Å². The normalized spacial score (nSPS) is 21.7. The van der Waals surface area contributed by atoms with Gasteiger partial charge in [0.1, 0.15) is 0 Å². The molecule has 2 bridgehead atoms. The minimum atomic E-state index is -4.43. The van der Waals surface area contributed by atoms with Crippen molar-refractivity contribution in [3.8, 4) is 0 Å². The highest BCUT2D eigenvalue weighted by Gasteiger charge is 2.51. The van der Waals surface area contributed by atoms with E-state index >= 15 is 0 Å². The first kappa shape index (κ1) is 30.5. The number of alkyl halides is 3. The molecule has 226 valence electrons. The molecule has 2 fully saturated rings. The number of thioether (sulfide) groups is 1. The molecular formula is C32H39F3N4O2S. The summed E-state index contributed by atoms with van der Waals surface area (Å²) in [6, 6.07) is 14.1. The number of carbonyl (C=O) groups is 2. The summed E-state index contributed by atoms with van der Waals surface area (Å²) in [5, 5.41) is 2.81. The van der Waals surface area contributed by atoms with Gasteiger partial charge in [0.2, 0.25) is 5.91 Å². The fourth-order valence-corrected chi connectivity index (χ4v) is 7.13. The predicted molar refractivity (Wildman–Crippen MR) is 160 cm³/mol. The number of benzene rings is 2. The Labute approximate surface area is 250 Å². The molecule has 0 radical (unpaired) electrons. The van der Waals surface area contributed by atoms with Crippen molar-refractivity contribution in [2.24, 2.45) is 17.3 Å². The van der Waals surface area contributed by atoms with Crippen LogP contribution in [0.25, 0.3) is 0 Å². The first-order chi connectivity index (χ1) is 20.0. The minimum absolute atomic E-state index is 0.131. The van der Waals surface area contributed by atoms with Gasteiger partial charge in [0.05, 0.1) is 11.3 Å². The first-order valence-corrected chi connectivity index (χ1v) is 15.6. The molecule has 2 atom stereocenters. The van der Waals surface area contributed by atoms with Crippen LogP contribution in [0.2, 0.25) is 0 Å². The number of nitrogens with zero attached hydrogens (tertiary/aromatic N) is 3. The van der Waals surface area contributed by atoms with Crippen molar-refractivity contribution in [3.05, 3.63) is 71.8 Å². The zero-order valence-electron chi connectivity index (χ0n) is 24.2. The van der Waals surface area contributed by atoms with Crippen LogP contribution in [0.5, 0.6) is 0 Å². The van der Waals surface area contributed by atoms with E-state index in [2.05, 4.69) is 30.1 Å². The van der Waals surface area contributed by atoms with Crippen LogP contribution in [-0.4, -0.2) is 78.2 Å². The van der Waals surface area contributed by atoms with Gasteiger partial charge in [-0.1, -0.05) is 43.7 Å². The summed E-state index contributed by atoms with van der Waals surface area (Å²) in [7, 11) is 0. The molecule has 1 aliphatic heterocycles. The van der Waals surface area contributed by atoms with Crippen LogP contribution in [0, 0.1) is 17.3 Å². The van der Waals surface area contributed by atoms with Crippen molar-refractivity contribution in [1.82, 2.24) is 14.7 Å². The third-order valence-corrected chi connectivity index (χ3v) is 10.2. The molecule has 0 aromatic heterocycles. The second kappa shape index (κ2) is 12.7. The lowest BCUT2D eigenvalue weighted by molar-refractivity contribution is -0.137. The average Bonchev–Trinajstić information content (AvgIpc) is 2.98. The maximum Gasteiger partial charge on any atom is 0.416 e. The van der Waals surface area contributed by atoms with Gasteiger partial charge in [-0.15, -0.1) is 11.8 Å². The number of hydrogen-bond acceptors (Lipinski definition) is 4. The van der Waals surface area contributed by atoms with Crippen molar-refractivity contribution in [2.75, 3.05) is 56.9 Å². The maximum absolute atomic E-state index is 13.4. The summed E-state index contributed by atoms with van der Waals surface area (Å²) in [4.78, 5) is 33.2. The quantitative estimate of drug-likeness (QED) is 0.265. The zero-order valence-corrected chi connectivity index (χ0v) is 25.0. The Kier molecular flexibility index (Phi) is 9.23. The van der Waals surface area contributed by atoms with E-state index in [9.17, 15) is 22.8 Å². The lowest BCUT2D eigenvalue weighted by Gasteiger charge is -2.57. The van der Waals surface area contributed by atoms with Gasteiger partial charge in [0.25, 0.3) is 0 Å². The highest BCUT2D eigenvalue weighted by atomic mass is 32.2. The molecule has 2 aromatic carbocycles. The number of anilines is 1. The Morgan fingerprint density at radius 1 is 1.02 bits per heavy atom. The lowest BCUT2D eigenvalue weighted by atomic mass is 9.49. The predicted octanol–water partition coefficient (Wildman–Crippen LogP) is 6.47. The highest BCUT2D eigenvalue weighted by molar-refractivity contribution is 8.00. The number of carbonyl (C=O) groups excluding carboxylic acids is 2. The van der Waals surface area contributed by atoms with E-state index < -0.39 is 11.7 Å². The van der Waals surface area contributed by atoms with E-state index in [1.54, 1.807) is 16.7 Å². The number of piperazine rings is 1. The van der Waals surface area contributed by atoms with Gasteiger partial charge in [-0.25, -0.2) is 4.79 Å². The zero-order chi connectivity index (χ0) is 29.9. The number of hydrogen-bond donors (Lipinski definition) is 1. The molecule has 1 saturated heterocycles. The van der Waals surface area contributed by atoms with Gasteiger partial charge >= 0.3 is 12.2 Å². The van der Waals surface area contributed by atoms with Crippen molar-refractivity contribution in [3.63, 3.8) is 0 Å². The van der Waals surface area contributed by atoms with Crippen LogP contribution in [-0.2, 0) is 11.0 Å². The van der Waals surface area contributed by atoms with Crippen LogP contribution in [0.15, 0.2) is 71.1 Å². The third kappa shape index (κ3) is 7.14. The van der Waals surface area contributed by atoms with Gasteiger partial charge in [-0.2, -0.15) is 13.2 Å². The van der Waals surface area contributed by atoms with Gasteiger partial charge < -0.3 is 15.1 Å². The molecule has 6 nitrogen and oxygen atoms in total. The molecule has 1 saturated carbocycles. The summed E-state index contributed by atoms with van der Waals surface area (Å²) < 4.78 is 39.0. The number of urea groups is 1. The van der Waals surface area contributed by atoms with Gasteiger partial charge in [-0.05, 0) is 66.5 Å². The standard InChI is InChI=1S/C32H39F3N4O2S/c1-31(2)25-9-8-23(28(31)20-25)21-39(30(41)36-26-12-10-24(11-13-26)32(33,34)35)19-16-37-14-17-38(18-15-37)29(40)22-42-27-6-4-3-5-7-27/h3-8,10-13,25,28H,9,14-22H2,1-2H3,(H,36,41). The van der Waals surface area contributed by atoms with Crippen LogP contribution < -0.4 is 5.32 Å². The molecule has 3 aliphatic carbocycles. The molecule has 3 amide bonds. The fraction of sp³-hybridized carbons (Fsp3) is 0.500. The second-order valence-corrected chi connectivity index (χ2v) is 13.1. The Bertz CT molecular complexity index is 1270. The Balaban J connectivity index is 1.16. The van der Waals surface area contributed by atoms with E-state index in [1.165, 1.54) is 17.7 Å². The topological polar surface area (TPSA) is 55.9 Å². The molecule has 1 N–H and O–H groups in total. The smallest absolute Gasteiger partial charge is 0.339 e. The van der Waals surface area contributed by atoms with Crippen molar-refractivity contribution in [1.29, 1.82) is 0 Å². The summed E-state index contributed by atoms with van der Waals surface area (Å²) in [6.07, 6.45) is 0.0165. The average molecular weight is 601 g/mol. The Hall–Kier alpha value is -2.98. The van der Waals surface area contributed by atoms with Crippen LogP contribution in [0.3, 0.4) is 0 Å². The molecule has 2 unspecified atom stereocenters.